The van der Waals surface area contributed by atoms with Crippen LogP contribution < -0.4 is 15.9 Å². The summed E-state index contributed by atoms with van der Waals surface area (Å²) in [6.45, 7) is 2.95. The number of methoxy groups -OCH3 is 1. The number of benzene rings is 1. The Morgan fingerprint density at radius 1 is 1.35 bits per heavy atom. The van der Waals surface area contributed by atoms with Crippen LogP contribution in [0.4, 0.5) is 5.69 Å². The molecule has 0 radical (unpaired) electrons. The number of Topliss-reactive ketones (excluding diaryl/α,β-unsaturated/α-hetero) is 1. The average molecular weight is 317 g/mol. The summed E-state index contributed by atoms with van der Waals surface area (Å²) in [7, 11) is 1.37. The van der Waals surface area contributed by atoms with Crippen molar-refractivity contribution < 1.29 is 14.5 Å². The standard InChI is InChI=1S/C15H15N3O5/c1-7(16)14(8(2)19)10-4-11-9(5-13(10)23-3)15(20)12(6-17-11)18(21)22/h4-6H,16H2,1-3H3,(H,17,20)/b14-7+. The van der Waals surface area contributed by atoms with E-state index in [1.807, 2.05) is 0 Å². The number of nitrogens with zero attached hydrogens (tertiary/aromatic N) is 1. The van der Waals surface area contributed by atoms with Gasteiger partial charge in [0, 0.05) is 16.8 Å². The van der Waals surface area contributed by atoms with Gasteiger partial charge in [0.25, 0.3) is 5.43 Å². The average Bonchev–Trinajstić information content (AvgIpc) is 2.46. The van der Waals surface area contributed by atoms with Crippen LogP contribution in [0.5, 0.6) is 5.75 Å². The van der Waals surface area contributed by atoms with Gasteiger partial charge in [-0.2, -0.15) is 0 Å². The van der Waals surface area contributed by atoms with Gasteiger partial charge in [0.1, 0.15) is 5.75 Å². The van der Waals surface area contributed by atoms with Crippen LogP contribution >= 0.6 is 0 Å². The van der Waals surface area contributed by atoms with E-state index in [9.17, 15) is 19.7 Å². The minimum absolute atomic E-state index is 0.0948. The molecule has 0 aliphatic carbocycles. The number of rotatable bonds is 4. The Balaban J connectivity index is 2.88. The number of hydrogen-bond acceptors (Lipinski definition) is 6. The fraction of sp³-hybridized carbons (Fsp3) is 0.200. The third-order valence-electron chi connectivity index (χ3n) is 3.39. The summed E-state index contributed by atoms with van der Waals surface area (Å²) in [5.41, 5.74) is 5.81. The topological polar surface area (TPSA) is 128 Å². The summed E-state index contributed by atoms with van der Waals surface area (Å²) in [6, 6.07) is 2.88. The number of aromatic amines is 1. The van der Waals surface area contributed by atoms with Gasteiger partial charge in [-0.1, -0.05) is 0 Å². The van der Waals surface area contributed by atoms with Crippen molar-refractivity contribution in [3.63, 3.8) is 0 Å². The molecule has 0 saturated heterocycles. The Hall–Kier alpha value is -3.16. The number of ketones is 1. The van der Waals surface area contributed by atoms with E-state index in [1.54, 1.807) is 6.92 Å². The van der Waals surface area contributed by atoms with E-state index in [0.717, 1.165) is 6.20 Å². The van der Waals surface area contributed by atoms with Gasteiger partial charge in [-0.05, 0) is 26.0 Å². The van der Waals surface area contributed by atoms with Gasteiger partial charge in [-0.3, -0.25) is 19.7 Å². The zero-order valence-electron chi connectivity index (χ0n) is 12.8. The summed E-state index contributed by atoms with van der Waals surface area (Å²) in [5, 5.41) is 11.0. The van der Waals surface area contributed by atoms with Gasteiger partial charge in [-0.15, -0.1) is 0 Å². The number of nitrogens with two attached hydrogens (primary N) is 1. The van der Waals surface area contributed by atoms with Crippen LogP contribution in [0.3, 0.4) is 0 Å². The summed E-state index contributed by atoms with van der Waals surface area (Å²) in [6.07, 6.45) is 1.02. The summed E-state index contributed by atoms with van der Waals surface area (Å²) >= 11 is 0. The van der Waals surface area contributed by atoms with E-state index in [4.69, 9.17) is 10.5 Å². The molecule has 0 aliphatic heterocycles. The molecular formula is C15H15N3O5. The molecule has 3 N–H and O–H groups in total. The number of nitrogens with one attached hydrogen (secondary N) is 1. The lowest BCUT2D eigenvalue weighted by Crippen LogP contribution is -2.11. The molecule has 0 amide bonds. The maximum atomic E-state index is 12.2. The molecule has 1 aromatic carbocycles. The van der Waals surface area contributed by atoms with E-state index in [-0.39, 0.29) is 22.5 Å². The number of carbonyl (C=O) groups is 1. The molecule has 2 aromatic rings. The molecule has 0 unspecified atom stereocenters. The van der Waals surface area contributed by atoms with Crippen molar-refractivity contribution in [1.82, 2.24) is 4.98 Å². The fourth-order valence-corrected chi connectivity index (χ4v) is 2.42. The monoisotopic (exact) mass is 317 g/mol. The second-order valence-electron chi connectivity index (χ2n) is 4.97. The number of fused-ring (bicyclic) bond motifs is 1. The number of carbonyl (C=O) groups excluding carboxylic acids is 1. The third kappa shape index (κ3) is 2.78. The van der Waals surface area contributed by atoms with Gasteiger partial charge in [0.2, 0.25) is 0 Å². The van der Waals surface area contributed by atoms with Crippen molar-refractivity contribution in [2.75, 3.05) is 7.11 Å². The first-order valence-corrected chi connectivity index (χ1v) is 6.63. The predicted molar refractivity (Wildman–Crippen MR) is 85.2 cm³/mol. The number of aromatic nitrogens is 1. The number of H-pyrrole nitrogens is 1. The Morgan fingerprint density at radius 2 is 2.00 bits per heavy atom. The lowest BCUT2D eigenvalue weighted by molar-refractivity contribution is -0.386. The van der Waals surface area contributed by atoms with E-state index in [1.165, 1.54) is 26.2 Å². The summed E-state index contributed by atoms with van der Waals surface area (Å²) in [4.78, 5) is 36.8. The van der Waals surface area contributed by atoms with Crippen LogP contribution in [-0.4, -0.2) is 22.8 Å². The number of allylic oxidation sites excluding steroid dienone is 2. The molecule has 8 nitrogen and oxygen atoms in total. The molecule has 0 aliphatic rings. The predicted octanol–water partition coefficient (Wildman–Crippen LogP) is 1.72. The van der Waals surface area contributed by atoms with Crippen molar-refractivity contribution in [2.45, 2.75) is 13.8 Å². The summed E-state index contributed by atoms with van der Waals surface area (Å²) < 4.78 is 5.23. The van der Waals surface area contributed by atoms with Crippen molar-refractivity contribution in [3.05, 3.63) is 49.9 Å². The number of ether oxygens (including phenoxy) is 1. The maximum absolute atomic E-state index is 12.2. The zero-order valence-corrected chi connectivity index (χ0v) is 12.8. The Kier molecular flexibility index (Phi) is 4.17. The molecule has 1 heterocycles. The highest BCUT2D eigenvalue weighted by molar-refractivity contribution is 6.21. The minimum atomic E-state index is -0.760. The molecule has 8 heteroatoms. The lowest BCUT2D eigenvalue weighted by atomic mass is 9.97. The van der Waals surface area contributed by atoms with Crippen LogP contribution in [0.2, 0.25) is 0 Å². The fourth-order valence-electron chi connectivity index (χ4n) is 2.42. The Morgan fingerprint density at radius 3 is 2.48 bits per heavy atom. The quantitative estimate of drug-likeness (QED) is 0.502. The van der Waals surface area contributed by atoms with Crippen LogP contribution in [0.15, 0.2) is 28.8 Å². The number of pyridine rings is 1. The SMILES string of the molecule is COc1cc2c(=O)c([N+](=O)[O-])c[nH]c2cc1/C(C(C)=O)=C(\C)N. The van der Waals surface area contributed by atoms with Crippen LogP contribution in [0.25, 0.3) is 16.5 Å². The third-order valence-corrected chi connectivity index (χ3v) is 3.39. The molecule has 2 rings (SSSR count). The van der Waals surface area contributed by atoms with Crippen LogP contribution in [-0.2, 0) is 4.79 Å². The molecule has 0 atom stereocenters. The smallest absolute Gasteiger partial charge is 0.332 e. The normalized spacial score (nSPS) is 12.0. The molecule has 0 saturated carbocycles. The van der Waals surface area contributed by atoms with Gasteiger partial charge in [0.15, 0.2) is 5.78 Å². The summed E-state index contributed by atoms with van der Waals surface area (Å²) in [5.74, 6) is -0.0228. The largest absolute Gasteiger partial charge is 0.496 e. The molecule has 23 heavy (non-hydrogen) atoms. The van der Waals surface area contributed by atoms with Gasteiger partial charge >= 0.3 is 5.69 Å². The first-order valence-electron chi connectivity index (χ1n) is 6.63. The molecule has 0 spiro atoms. The highest BCUT2D eigenvalue weighted by atomic mass is 16.6. The van der Waals surface area contributed by atoms with E-state index < -0.39 is 16.0 Å². The van der Waals surface area contributed by atoms with Gasteiger partial charge in [0.05, 0.1) is 29.1 Å². The Bertz CT molecular complexity index is 907. The maximum Gasteiger partial charge on any atom is 0.332 e. The molecule has 120 valence electrons. The second kappa shape index (κ2) is 5.91. The van der Waals surface area contributed by atoms with Crippen molar-refractivity contribution in [2.24, 2.45) is 5.73 Å². The van der Waals surface area contributed by atoms with Gasteiger partial charge in [-0.25, -0.2) is 0 Å². The van der Waals surface area contributed by atoms with E-state index in [2.05, 4.69) is 4.98 Å². The van der Waals surface area contributed by atoms with E-state index >= 15 is 0 Å². The van der Waals surface area contributed by atoms with Crippen LogP contribution in [0, 0.1) is 10.1 Å². The number of hydrogen-bond donors (Lipinski definition) is 2. The first-order chi connectivity index (χ1) is 10.8. The highest BCUT2D eigenvalue weighted by Gasteiger charge is 2.20. The molecule has 0 bridgehead atoms. The first kappa shape index (κ1) is 16.2. The second-order valence-corrected chi connectivity index (χ2v) is 4.97. The highest BCUT2D eigenvalue weighted by Crippen LogP contribution is 2.31. The van der Waals surface area contributed by atoms with Gasteiger partial charge < -0.3 is 15.5 Å². The zero-order chi connectivity index (χ0) is 17.3. The van der Waals surface area contributed by atoms with Crippen molar-refractivity contribution in [3.8, 4) is 5.75 Å². The van der Waals surface area contributed by atoms with E-state index in [0.29, 0.717) is 16.8 Å². The van der Waals surface area contributed by atoms with Crippen LogP contribution in [0.1, 0.15) is 19.4 Å². The van der Waals surface area contributed by atoms with Crippen molar-refractivity contribution in [1.29, 1.82) is 0 Å². The minimum Gasteiger partial charge on any atom is -0.496 e. The molecular weight excluding hydrogens is 302 g/mol. The number of nitro groups is 1. The lowest BCUT2D eigenvalue weighted by Gasteiger charge is -2.13. The van der Waals surface area contributed by atoms with Crippen molar-refractivity contribution >= 4 is 27.9 Å². The molecule has 1 aromatic heterocycles. The Labute approximate surface area is 130 Å². The molecule has 0 fully saturated rings.